The number of methoxy groups -OCH3 is 2. The van der Waals surface area contributed by atoms with Crippen LogP contribution in [-0.2, 0) is 4.79 Å². The molecular weight excluding hydrogens is 358 g/mol. The van der Waals surface area contributed by atoms with E-state index < -0.39 is 0 Å². The summed E-state index contributed by atoms with van der Waals surface area (Å²) in [4.78, 5) is 23.6. The summed E-state index contributed by atoms with van der Waals surface area (Å²) < 4.78 is 10.7. The van der Waals surface area contributed by atoms with Gasteiger partial charge in [0.05, 0.1) is 19.7 Å². The fraction of sp³-hybridized carbons (Fsp3) is 0.550. The first-order valence-corrected chi connectivity index (χ1v) is 9.71. The first-order chi connectivity index (χ1) is 13.5. The molecule has 1 aliphatic heterocycles. The number of carbonyl (C=O) groups is 1. The van der Waals surface area contributed by atoms with Crippen LogP contribution in [0.4, 0.5) is 11.8 Å². The van der Waals surface area contributed by atoms with Crippen LogP contribution in [0.3, 0.4) is 0 Å². The Labute approximate surface area is 165 Å². The Balaban J connectivity index is 1.77. The molecule has 0 bridgehead atoms. The zero-order valence-corrected chi connectivity index (χ0v) is 17.0. The summed E-state index contributed by atoms with van der Waals surface area (Å²) >= 11 is 0. The smallest absolute Gasteiger partial charge is 0.227 e. The second kappa shape index (κ2) is 8.50. The molecule has 3 N–H and O–H groups in total. The van der Waals surface area contributed by atoms with Gasteiger partial charge in [-0.2, -0.15) is 4.98 Å². The number of nitrogen functional groups attached to an aromatic ring is 1. The van der Waals surface area contributed by atoms with E-state index in [4.69, 9.17) is 15.2 Å². The van der Waals surface area contributed by atoms with Gasteiger partial charge < -0.3 is 25.4 Å². The molecular formula is C20H29N5O3. The number of ether oxygens (including phenoxy) is 2. The van der Waals surface area contributed by atoms with Crippen molar-refractivity contribution in [1.29, 1.82) is 0 Å². The normalized spacial score (nSPS) is 16.1. The van der Waals surface area contributed by atoms with Gasteiger partial charge in [-0.3, -0.25) is 4.79 Å². The van der Waals surface area contributed by atoms with Gasteiger partial charge in [-0.15, -0.1) is 0 Å². The van der Waals surface area contributed by atoms with Crippen LogP contribution in [-0.4, -0.2) is 49.2 Å². The Kier molecular flexibility index (Phi) is 6.06. The third kappa shape index (κ3) is 4.05. The lowest BCUT2D eigenvalue weighted by molar-refractivity contribution is -0.126. The molecule has 3 rings (SSSR count). The third-order valence-corrected chi connectivity index (χ3v) is 5.37. The van der Waals surface area contributed by atoms with Gasteiger partial charge in [-0.1, -0.05) is 6.92 Å². The van der Waals surface area contributed by atoms with Crippen LogP contribution in [0.5, 0.6) is 11.5 Å². The Bertz CT molecular complexity index is 849. The maximum atomic E-state index is 12.4. The van der Waals surface area contributed by atoms with Crippen LogP contribution in [0.25, 0.3) is 10.9 Å². The van der Waals surface area contributed by atoms with Gasteiger partial charge in [0.1, 0.15) is 5.82 Å². The molecule has 0 aliphatic carbocycles. The molecule has 1 aromatic heterocycles. The molecule has 2 aromatic rings. The van der Waals surface area contributed by atoms with E-state index in [1.165, 1.54) is 0 Å². The van der Waals surface area contributed by atoms with Crippen LogP contribution in [0.15, 0.2) is 12.1 Å². The zero-order valence-electron chi connectivity index (χ0n) is 17.0. The first-order valence-electron chi connectivity index (χ1n) is 9.71. The van der Waals surface area contributed by atoms with Gasteiger partial charge in [-0.25, -0.2) is 4.98 Å². The minimum Gasteiger partial charge on any atom is -0.493 e. The van der Waals surface area contributed by atoms with Crippen molar-refractivity contribution in [1.82, 2.24) is 15.3 Å². The highest BCUT2D eigenvalue weighted by molar-refractivity contribution is 5.91. The maximum Gasteiger partial charge on any atom is 0.227 e. The van der Waals surface area contributed by atoms with Crippen molar-refractivity contribution >= 4 is 28.6 Å². The van der Waals surface area contributed by atoms with Gasteiger partial charge in [0, 0.05) is 36.5 Å². The van der Waals surface area contributed by atoms with Crippen molar-refractivity contribution in [3.8, 4) is 11.5 Å². The molecule has 1 aliphatic rings. The largest absolute Gasteiger partial charge is 0.493 e. The topological polar surface area (TPSA) is 103 Å². The highest BCUT2D eigenvalue weighted by Crippen LogP contribution is 2.34. The number of piperidine rings is 1. The molecule has 0 saturated carbocycles. The Hall–Kier alpha value is -2.77. The molecule has 28 heavy (non-hydrogen) atoms. The van der Waals surface area contributed by atoms with E-state index in [1.807, 2.05) is 13.0 Å². The van der Waals surface area contributed by atoms with Crippen LogP contribution in [0.1, 0.15) is 33.1 Å². The molecule has 0 spiro atoms. The molecule has 1 aromatic carbocycles. The number of hydrogen-bond donors (Lipinski definition) is 2. The monoisotopic (exact) mass is 387 g/mol. The number of nitrogens with two attached hydrogens (primary N) is 1. The fourth-order valence-electron chi connectivity index (χ4n) is 3.41. The van der Waals surface area contributed by atoms with Crippen molar-refractivity contribution in [3.63, 3.8) is 0 Å². The maximum absolute atomic E-state index is 12.4. The lowest BCUT2D eigenvalue weighted by Crippen LogP contribution is -2.43. The Morgan fingerprint density at radius 1 is 1.25 bits per heavy atom. The van der Waals surface area contributed by atoms with E-state index in [0.717, 1.165) is 37.7 Å². The number of nitrogens with zero attached hydrogens (tertiary/aromatic N) is 3. The van der Waals surface area contributed by atoms with Crippen molar-refractivity contribution < 1.29 is 14.3 Å². The second-order valence-electron chi connectivity index (χ2n) is 7.21. The Morgan fingerprint density at radius 3 is 2.50 bits per heavy atom. The van der Waals surface area contributed by atoms with Crippen molar-refractivity contribution in [3.05, 3.63) is 12.1 Å². The molecule has 2 heterocycles. The molecule has 8 nitrogen and oxygen atoms in total. The lowest BCUT2D eigenvalue weighted by Gasteiger charge is -2.32. The van der Waals surface area contributed by atoms with E-state index in [2.05, 4.69) is 27.1 Å². The summed E-state index contributed by atoms with van der Waals surface area (Å²) in [7, 11) is 3.17. The van der Waals surface area contributed by atoms with Gasteiger partial charge >= 0.3 is 0 Å². The molecule has 152 valence electrons. The predicted octanol–water partition coefficient (Wildman–Crippen LogP) is 2.36. The number of nitrogens with one attached hydrogen (secondary N) is 1. The highest BCUT2D eigenvalue weighted by Gasteiger charge is 2.27. The summed E-state index contributed by atoms with van der Waals surface area (Å²) in [5, 5.41) is 3.80. The molecule has 1 fully saturated rings. The van der Waals surface area contributed by atoms with Crippen molar-refractivity contribution in [2.45, 2.75) is 39.2 Å². The molecule has 1 amide bonds. The quantitative estimate of drug-likeness (QED) is 0.784. The van der Waals surface area contributed by atoms with Gasteiger partial charge in [0.2, 0.25) is 11.9 Å². The van der Waals surface area contributed by atoms with E-state index in [-0.39, 0.29) is 17.9 Å². The van der Waals surface area contributed by atoms with E-state index in [9.17, 15) is 4.79 Å². The molecule has 0 radical (unpaired) electrons. The zero-order chi connectivity index (χ0) is 20.3. The van der Waals surface area contributed by atoms with Gasteiger partial charge in [-0.05, 0) is 32.3 Å². The summed E-state index contributed by atoms with van der Waals surface area (Å²) in [6.45, 7) is 5.54. The summed E-state index contributed by atoms with van der Waals surface area (Å²) in [5.41, 5.74) is 6.89. The molecule has 1 atom stereocenters. The molecule has 1 unspecified atom stereocenters. The fourth-order valence-corrected chi connectivity index (χ4v) is 3.41. The number of fused-ring (bicyclic) bond motifs is 1. The van der Waals surface area contributed by atoms with Crippen LogP contribution < -0.4 is 25.4 Å². The average Bonchev–Trinajstić information content (AvgIpc) is 2.72. The SMILES string of the molecule is CCC(C)NC(=O)C1CCN(c2nc(N)c3cc(OC)c(OC)cc3n2)CC1. The third-order valence-electron chi connectivity index (χ3n) is 5.37. The van der Waals surface area contributed by atoms with Crippen LogP contribution >= 0.6 is 0 Å². The summed E-state index contributed by atoms with van der Waals surface area (Å²) in [5.74, 6) is 2.35. The van der Waals surface area contributed by atoms with E-state index in [1.54, 1.807) is 20.3 Å². The number of rotatable bonds is 6. The van der Waals surface area contributed by atoms with Gasteiger partial charge in [0.15, 0.2) is 11.5 Å². The van der Waals surface area contributed by atoms with E-state index >= 15 is 0 Å². The van der Waals surface area contributed by atoms with E-state index in [0.29, 0.717) is 28.8 Å². The summed E-state index contributed by atoms with van der Waals surface area (Å²) in [6.07, 6.45) is 2.48. The second-order valence-corrected chi connectivity index (χ2v) is 7.21. The van der Waals surface area contributed by atoms with Crippen molar-refractivity contribution in [2.24, 2.45) is 5.92 Å². The minimum absolute atomic E-state index is 0.0346. The summed E-state index contributed by atoms with van der Waals surface area (Å²) in [6, 6.07) is 3.81. The minimum atomic E-state index is 0.0346. The van der Waals surface area contributed by atoms with Crippen molar-refractivity contribution in [2.75, 3.05) is 37.9 Å². The Morgan fingerprint density at radius 2 is 1.89 bits per heavy atom. The number of anilines is 2. The lowest BCUT2D eigenvalue weighted by atomic mass is 9.95. The standard InChI is InChI=1S/C20H29N5O3/c1-5-12(2)22-19(26)13-6-8-25(9-7-13)20-23-15-11-17(28-4)16(27-3)10-14(15)18(21)24-20/h10-13H,5-9H2,1-4H3,(H,22,26)(H2,21,23,24). The number of carbonyl (C=O) groups excluding carboxylic acids is 1. The number of amides is 1. The predicted molar refractivity (Wildman–Crippen MR) is 110 cm³/mol. The number of benzene rings is 1. The average molecular weight is 387 g/mol. The molecule has 8 heteroatoms. The molecule has 1 saturated heterocycles. The van der Waals surface area contributed by atoms with Gasteiger partial charge in [0.25, 0.3) is 0 Å². The number of hydrogen-bond acceptors (Lipinski definition) is 7. The van der Waals surface area contributed by atoms with Crippen LogP contribution in [0.2, 0.25) is 0 Å². The van der Waals surface area contributed by atoms with Crippen LogP contribution in [0, 0.1) is 5.92 Å². The highest BCUT2D eigenvalue weighted by atomic mass is 16.5. The first kappa shape index (κ1) is 20.0. The number of aromatic nitrogens is 2.